The largest absolute Gasteiger partial charge is 0.497 e. The second kappa shape index (κ2) is 8.90. The van der Waals surface area contributed by atoms with Gasteiger partial charge in [-0.25, -0.2) is 9.59 Å². The molecule has 0 bridgehead atoms. The summed E-state index contributed by atoms with van der Waals surface area (Å²) in [6.07, 6.45) is -2.32. The monoisotopic (exact) mass is 409 g/mol. The fraction of sp³-hybridized carbons (Fsp3) is 0.619. The molecule has 162 valence electrons. The molecule has 8 nitrogen and oxygen atoms in total. The van der Waals surface area contributed by atoms with Gasteiger partial charge in [-0.15, -0.1) is 0 Å². The van der Waals surface area contributed by atoms with E-state index in [1.165, 1.54) is 19.1 Å². The highest BCUT2D eigenvalue weighted by atomic mass is 16.6. The van der Waals surface area contributed by atoms with E-state index in [0.29, 0.717) is 23.5 Å². The smallest absolute Gasteiger partial charge is 0.413 e. The third-order valence-electron chi connectivity index (χ3n) is 4.50. The van der Waals surface area contributed by atoms with Crippen LogP contribution in [-0.4, -0.2) is 54.0 Å². The Bertz CT molecular complexity index is 741. The maximum atomic E-state index is 13.1. The normalized spacial score (nSPS) is 21.9. The van der Waals surface area contributed by atoms with Gasteiger partial charge in [-0.05, 0) is 45.2 Å². The highest BCUT2D eigenvalue weighted by Gasteiger charge is 2.51. The number of amides is 1. The molecule has 1 fully saturated rings. The Kier molecular flexibility index (Phi) is 7.00. The molecule has 3 atom stereocenters. The summed E-state index contributed by atoms with van der Waals surface area (Å²) in [5.74, 6) is 0.0178. The lowest BCUT2D eigenvalue weighted by molar-refractivity contribution is -0.150. The Labute approximate surface area is 171 Å². The van der Waals surface area contributed by atoms with Crippen LogP contribution in [0, 0.1) is 5.92 Å². The maximum absolute atomic E-state index is 13.1. The van der Waals surface area contributed by atoms with E-state index in [9.17, 15) is 14.7 Å². The standard InChI is InChI=1S/C21H31NO7/c1-12(2)10-15-17(19(23)24)28-18(22(15)20(25)29-21(3,4)5)14-9-8-13(26-6)11-16(14)27-7/h8-9,11-12,15,17-18H,10H2,1-7H3,(H,23,24)/t15-,17?,18?/m0/s1. The van der Waals surface area contributed by atoms with Crippen LogP contribution in [0.25, 0.3) is 0 Å². The predicted octanol–water partition coefficient (Wildman–Crippen LogP) is 3.84. The molecular weight excluding hydrogens is 378 g/mol. The molecule has 1 aliphatic rings. The summed E-state index contributed by atoms with van der Waals surface area (Å²) in [6.45, 7) is 9.21. The molecule has 0 radical (unpaired) electrons. The molecule has 1 heterocycles. The van der Waals surface area contributed by atoms with Gasteiger partial charge in [0.1, 0.15) is 17.1 Å². The van der Waals surface area contributed by atoms with Crippen LogP contribution in [0.1, 0.15) is 52.8 Å². The average Bonchev–Trinajstić information content (AvgIpc) is 2.98. The van der Waals surface area contributed by atoms with Gasteiger partial charge >= 0.3 is 12.1 Å². The van der Waals surface area contributed by atoms with E-state index in [1.54, 1.807) is 39.0 Å². The van der Waals surface area contributed by atoms with Crippen molar-refractivity contribution < 1.29 is 33.6 Å². The van der Waals surface area contributed by atoms with Crippen molar-refractivity contribution >= 4 is 12.1 Å². The fourth-order valence-electron chi connectivity index (χ4n) is 3.35. The molecule has 1 aromatic carbocycles. The first-order valence-electron chi connectivity index (χ1n) is 9.60. The molecular formula is C21H31NO7. The van der Waals surface area contributed by atoms with Crippen LogP contribution in [0.15, 0.2) is 18.2 Å². The molecule has 2 rings (SSSR count). The SMILES string of the molecule is COc1ccc(C2OC(C(=O)O)[C@H](CC(C)C)N2C(=O)OC(C)(C)C)c(OC)c1. The van der Waals surface area contributed by atoms with Crippen molar-refractivity contribution in [1.82, 2.24) is 4.90 Å². The summed E-state index contributed by atoms with van der Waals surface area (Å²) in [4.78, 5) is 26.4. The first kappa shape index (κ1) is 22.8. The molecule has 0 saturated carbocycles. The van der Waals surface area contributed by atoms with Gasteiger partial charge in [-0.3, -0.25) is 4.90 Å². The molecule has 1 saturated heterocycles. The quantitative estimate of drug-likeness (QED) is 0.763. The van der Waals surface area contributed by atoms with E-state index in [4.69, 9.17) is 18.9 Å². The van der Waals surface area contributed by atoms with E-state index in [1.807, 2.05) is 13.8 Å². The second-order valence-corrected chi connectivity index (χ2v) is 8.44. The number of rotatable bonds is 6. The summed E-state index contributed by atoms with van der Waals surface area (Å²) < 4.78 is 22.2. The number of methoxy groups -OCH3 is 2. The number of carboxylic acid groups (broad SMARTS) is 1. The van der Waals surface area contributed by atoms with Crippen molar-refractivity contribution in [2.24, 2.45) is 5.92 Å². The Morgan fingerprint density at radius 3 is 2.34 bits per heavy atom. The van der Waals surface area contributed by atoms with Crippen LogP contribution >= 0.6 is 0 Å². The number of nitrogens with zero attached hydrogens (tertiary/aromatic N) is 1. The van der Waals surface area contributed by atoms with Gasteiger partial charge in [0.15, 0.2) is 12.3 Å². The van der Waals surface area contributed by atoms with E-state index >= 15 is 0 Å². The van der Waals surface area contributed by atoms with Crippen LogP contribution in [0.3, 0.4) is 0 Å². The predicted molar refractivity (Wildman–Crippen MR) is 106 cm³/mol. The Morgan fingerprint density at radius 1 is 1.21 bits per heavy atom. The second-order valence-electron chi connectivity index (χ2n) is 8.44. The Morgan fingerprint density at radius 2 is 1.86 bits per heavy atom. The minimum absolute atomic E-state index is 0.145. The van der Waals surface area contributed by atoms with Gasteiger partial charge < -0.3 is 24.1 Å². The zero-order valence-corrected chi connectivity index (χ0v) is 18.1. The summed E-state index contributed by atoms with van der Waals surface area (Å²) in [5, 5.41) is 9.75. The number of carboxylic acids is 1. The highest BCUT2D eigenvalue weighted by molar-refractivity contribution is 5.77. The van der Waals surface area contributed by atoms with Crippen LogP contribution in [-0.2, 0) is 14.3 Å². The topological polar surface area (TPSA) is 94.5 Å². The molecule has 1 aliphatic heterocycles. The van der Waals surface area contributed by atoms with Crippen molar-refractivity contribution in [3.63, 3.8) is 0 Å². The van der Waals surface area contributed by atoms with E-state index in [2.05, 4.69) is 0 Å². The summed E-state index contributed by atoms with van der Waals surface area (Å²) >= 11 is 0. The zero-order valence-electron chi connectivity index (χ0n) is 18.1. The van der Waals surface area contributed by atoms with Crippen LogP contribution in [0.2, 0.25) is 0 Å². The number of aliphatic carboxylic acids is 1. The molecule has 29 heavy (non-hydrogen) atoms. The molecule has 0 aliphatic carbocycles. The number of benzene rings is 1. The third kappa shape index (κ3) is 5.32. The number of ether oxygens (including phenoxy) is 4. The van der Waals surface area contributed by atoms with Crippen LogP contribution in [0.4, 0.5) is 4.79 Å². The Balaban J connectivity index is 2.55. The van der Waals surface area contributed by atoms with Gasteiger partial charge in [0.2, 0.25) is 0 Å². The van der Waals surface area contributed by atoms with Gasteiger partial charge in [0.25, 0.3) is 0 Å². The number of carbonyl (C=O) groups is 2. The van der Waals surface area contributed by atoms with Gasteiger partial charge in [0.05, 0.1) is 20.3 Å². The minimum Gasteiger partial charge on any atom is -0.497 e. The molecule has 8 heteroatoms. The third-order valence-corrected chi connectivity index (χ3v) is 4.50. The van der Waals surface area contributed by atoms with E-state index < -0.39 is 36.0 Å². The van der Waals surface area contributed by atoms with Crippen molar-refractivity contribution in [3.8, 4) is 11.5 Å². The molecule has 1 N–H and O–H groups in total. The molecule has 1 aromatic rings. The first-order chi connectivity index (χ1) is 13.5. The first-order valence-corrected chi connectivity index (χ1v) is 9.60. The molecule has 1 amide bonds. The van der Waals surface area contributed by atoms with Crippen molar-refractivity contribution in [1.29, 1.82) is 0 Å². The maximum Gasteiger partial charge on any atom is 0.413 e. The van der Waals surface area contributed by atoms with Crippen molar-refractivity contribution in [3.05, 3.63) is 23.8 Å². The summed E-state index contributed by atoms with van der Waals surface area (Å²) in [5.41, 5.74) is -0.216. The lowest BCUT2D eigenvalue weighted by Crippen LogP contribution is -2.45. The zero-order chi connectivity index (χ0) is 21.9. The van der Waals surface area contributed by atoms with Crippen LogP contribution < -0.4 is 9.47 Å². The lowest BCUT2D eigenvalue weighted by atomic mass is 9.98. The number of carbonyl (C=O) groups excluding carboxylic acids is 1. The Hall–Kier alpha value is -2.48. The minimum atomic E-state index is -1.18. The average molecular weight is 409 g/mol. The van der Waals surface area contributed by atoms with Gasteiger partial charge in [-0.2, -0.15) is 0 Å². The number of hydrogen-bond donors (Lipinski definition) is 1. The van der Waals surface area contributed by atoms with Crippen molar-refractivity contribution in [2.75, 3.05) is 14.2 Å². The van der Waals surface area contributed by atoms with E-state index in [0.717, 1.165) is 0 Å². The van der Waals surface area contributed by atoms with Crippen molar-refractivity contribution in [2.45, 2.75) is 65.0 Å². The number of hydrogen-bond acceptors (Lipinski definition) is 6. The molecule has 0 aromatic heterocycles. The highest BCUT2D eigenvalue weighted by Crippen LogP contribution is 2.42. The fourth-order valence-corrected chi connectivity index (χ4v) is 3.35. The lowest BCUT2D eigenvalue weighted by Gasteiger charge is -2.32. The van der Waals surface area contributed by atoms with Gasteiger partial charge in [-0.1, -0.05) is 13.8 Å². The van der Waals surface area contributed by atoms with Crippen LogP contribution in [0.5, 0.6) is 11.5 Å². The molecule has 0 spiro atoms. The molecule has 2 unspecified atom stereocenters. The summed E-state index contributed by atoms with van der Waals surface area (Å²) in [6, 6.07) is 4.40. The summed E-state index contributed by atoms with van der Waals surface area (Å²) in [7, 11) is 3.03. The van der Waals surface area contributed by atoms with E-state index in [-0.39, 0.29) is 5.92 Å². The van der Waals surface area contributed by atoms with Gasteiger partial charge in [0, 0.05) is 11.6 Å².